The van der Waals surface area contributed by atoms with E-state index in [1.165, 1.54) is 0 Å². The summed E-state index contributed by atoms with van der Waals surface area (Å²) < 4.78 is 0. The van der Waals surface area contributed by atoms with Gasteiger partial charge in [0.2, 0.25) is 0 Å². The fourth-order valence-corrected chi connectivity index (χ4v) is 2.02. The lowest BCUT2D eigenvalue weighted by molar-refractivity contribution is 0.160. The number of aliphatic hydroxyl groups excluding tert-OH is 1. The van der Waals surface area contributed by atoms with Gasteiger partial charge in [-0.3, -0.25) is 5.32 Å². The van der Waals surface area contributed by atoms with Crippen LogP contribution in [0.2, 0.25) is 0 Å². The first-order chi connectivity index (χ1) is 6.63. The predicted octanol–water partition coefficient (Wildman–Crippen LogP) is 0.0160. The number of amidine groups is 1. The molecule has 0 spiro atoms. The molecule has 5 nitrogen and oxygen atoms in total. The van der Waals surface area contributed by atoms with Gasteiger partial charge in [0.15, 0.2) is 5.84 Å². The lowest BCUT2D eigenvalue weighted by Crippen LogP contribution is -2.54. The molecule has 1 fully saturated rings. The molecule has 0 aromatic carbocycles. The quantitative estimate of drug-likeness (QED) is 0.223. The van der Waals surface area contributed by atoms with Crippen LogP contribution in [0.25, 0.3) is 0 Å². The first kappa shape index (κ1) is 11.3. The minimum absolute atomic E-state index is 0.107. The largest absolute Gasteiger partial charge is 0.409 e. The van der Waals surface area contributed by atoms with Crippen molar-refractivity contribution < 1.29 is 10.3 Å². The first-order valence-electron chi connectivity index (χ1n) is 4.99. The molecule has 0 amide bonds. The molecule has 1 rings (SSSR count). The van der Waals surface area contributed by atoms with Crippen LogP contribution in [-0.2, 0) is 0 Å². The molecule has 1 aliphatic carbocycles. The van der Waals surface area contributed by atoms with Gasteiger partial charge in [-0.05, 0) is 19.8 Å². The van der Waals surface area contributed by atoms with Crippen molar-refractivity contribution in [3.8, 4) is 0 Å². The van der Waals surface area contributed by atoms with Crippen LogP contribution in [0.5, 0.6) is 0 Å². The second-order valence-corrected chi connectivity index (χ2v) is 4.04. The number of nitrogens with one attached hydrogen (secondary N) is 1. The Morgan fingerprint density at radius 2 is 2.14 bits per heavy atom. The summed E-state index contributed by atoms with van der Waals surface area (Å²) in [7, 11) is 0. The maximum absolute atomic E-state index is 9.31. The van der Waals surface area contributed by atoms with Crippen molar-refractivity contribution >= 4 is 5.84 Å². The van der Waals surface area contributed by atoms with E-state index in [9.17, 15) is 5.11 Å². The number of aliphatic hydroxyl groups is 1. The van der Waals surface area contributed by atoms with Crippen LogP contribution in [-0.4, -0.2) is 34.3 Å². The Labute approximate surface area is 84.0 Å². The Balaban J connectivity index is 2.56. The molecular formula is C9H19N3O2. The van der Waals surface area contributed by atoms with Crippen LogP contribution in [0.3, 0.4) is 0 Å². The number of hydrogen-bond acceptors (Lipinski definition) is 4. The van der Waals surface area contributed by atoms with Crippen molar-refractivity contribution in [2.24, 2.45) is 10.9 Å². The van der Waals surface area contributed by atoms with Crippen molar-refractivity contribution in [2.75, 3.05) is 6.61 Å². The van der Waals surface area contributed by atoms with E-state index in [-0.39, 0.29) is 24.0 Å². The number of rotatable bonds is 4. The molecule has 5 heteroatoms. The van der Waals surface area contributed by atoms with Gasteiger partial charge in [-0.15, -0.1) is 0 Å². The van der Waals surface area contributed by atoms with Crippen LogP contribution >= 0.6 is 0 Å². The van der Waals surface area contributed by atoms with Crippen LogP contribution in [0.1, 0.15) is 32.6 Å². The smallest absolute Gasteiger partial charge is 0.156 e. The number of oxime groups is 1. The van der Waals surface area contributed by atoms with Gasteiger partial charge in [0.1, 0.15) is 0 Å². The van der Waals surface area contributed by atoms with E-state index in [1.807, 2.05) is 6.92 Å². The highest BCUT2D eigenvalue weighted by molar-refractivity contribution is 5.84. The molecular weight excluding hydrogens is 182 g/mol. The Kier molecular flexibility index (Phi) is 3.71. The monoisotopic (exact) mass is 201 g/mol. The topological polar surface area (TPSA) is 90.9 Å². The van der Waals surface area contributed by atoms with Crippen molar-refractivity contribution in [3.05, 3.63) is 0 Å². The molecule has 0 aliphatic heterocycles. The minimum Gasteiger partial charge on any atom is -0.409 e. The van der Waals surface area contributed by atoms with Crippen molar-refractivity contribution in [2.45, 2.75) is 44.2 Å². The Bertz CT molecular complexity index is 212. The van der Waals surface area contributed by atoms with E-state index in [2.05, 4.69) is 10.5 Å². The highest BCUT2D eigenvalue weighted by Crippen LogP contribution is 2.29. The predicted molar refractivity (Wildman–Crippen MR) is 54.3 cm³/mol. The molecule has 0 aromatic heterocycles. The molecule has 1 aliphatic rings. The van der Waals surface area contributed by atoms with Crippen LogP contribution in [0.15, 0.2) is 5.16 Å². The lowest BCUT2D eigenvalue weighted by Gasteiger charge is -2.31. The lowest BCUT2D eigenvalue weighted by atomic mass is 9.97. The number of nitrogens with zero attached hydrogens (tertiary/aromatic N) is 1. The summed E-state index contributed by atoms with van der Waals surface area (Å²) in [5.74, 6) is 0.157. The molecule has 0 bridgehead atoms. The summed E-state index contributed by atoms with van der Waals surface area (Å²) in [5, 5.41) is 24.0. The zero-order valence-electron chi connectivity index (χ0n) is 8.53. The van der Waals surface area contributed by atoms with Crippen molar-refractivity contribution in [1.29, 1.82) is 0 Å². The van der Waals surface area contributed by atoms with E-state index >= 15 is 0 Å². The van der Waals surface area contributed by atoms with Crippen LogP contribution in [0.4, 0.5) is 0 Å². The van der Waals surface area contributed by atoms with Gasteiger partial charge in [0.25, 0.3) is 0 Å². The third-order valence-electron chi connectivity index (χ3n) is 2.95. The zero-order chi connectivity index (χ0) is 10.6. The molecule has 14 heavy (non-hydrogen) atoms. The Hall–Kier alpha value is -0.810. The van der Waals surface area contributed by atoms with E-state index in [0.29, 0.717) is 0 Å². The van der Waals surface area contributed by atoms with Gasteiger partial charge in [-0.2, -0.15) is 0 Å². The van der Waals surface area contributed by atoms with E-state index in [4.69, 9.17) is 10.9 Å². The molecule has 82 valence electrons. The Morgan fingerprint density at radius 1 is 1.57 bits per heavy atom. The van der Waals surface area contributed by atoms with Crippen molar-refractivity contribution in [1.82, 2.24) is 5.32 Å². The van der Waals surface area contributed by atoms with Gasteiger partial charge >= 0.3 is 0 Å². The fraction of sp³-hybridized carbons (Fsp3) is 0.889. The maximum Gasteiger partial charge on any atom is 0.156 e. The average Bonchev–Trinajstić information content (AvgIpc) is 2.65. The molecule has 5 N–H and O–H groups in total. The van der Waals surface area contributed by atoms with Gasteiger partial charge in [-0.1, -0.05) is 18.0 Å². The molecule has 1 atom stereocenters. The number of nitrogens with two attached hydrogens (primary N) is 1. The second kappa shape index (κ2) is 4.61. The first-order valence-corrected chi connectivity index (χ1v) is 4.99. The van der Waals surface area contributed by atoms with E-state index in [0.717, 1.165) is 25.7 Å². The molecule has 0 heterocycles. The van der Waals surface area contributed by atoms with E-state index in [1.54, 1.807) is 0 Å². The van der Waals surface area contributed by atoms with Gasteiger partial charge in [0.05, 0.1) is 12.6 Å². The summed E-state index contributed by atoms with van der Waals surface area (Å²) in [5.41, 5.74) is 5.24. The summed E-state index contributed by atoms with van der Waals surface area (Å²) in [6, 6.07) is -0.203. The molecule has 1 unspecified atom stereocenters. The molecule has 1 saturated carbocycles. The van der Waals surface area contributed by atoms with Gasteiger partial charge in [0, 0.05) is 5.54 Å². The third-order valence-corrected chi connectivity index (χ3v) is 2.95. The number of hydrogen-bond donors (Lipinski definition) is 4. The van der Waals surface area contributed by atoms with E-state index < -0.39 is 0 Å². The normalized spacial score (nSPS) is 23.7. The second-order valence-electron chi connectivity index (χ2n) is 4.04. The minimum atomic E-state index is -0.227. The van der Waals surface area contributed by atoms with Crippen LogP contribution < -0.4 is 11.1 Å². The summed E-state index contributed by atoms with van der Waals surface area (Å²) in [6.45, 7) is 1.93. The standard InChI is InChI=1S/C9H19N3O2/c1-7(8(10)12-14)11-9(6-13)4-2-3-5-9/h7,11,13-14H,2-6H2,1H3,(H2,10,12). The van der Waals surface area contributed by atoms with Gasteiger partial charge < -0.3 is 16.0 Å². The summed E-state index contributed by atoms with van der Waals surface area (Å²) in [6.07, 6.45) is 4.14. The summed E-state index contributed by atoms with van der Waals surface area (Å²) in [4.78, 5) is 0. The average molecular weight is 201 g/mol. The molecule has 0 radical (unpaired) electrons. The van der Waals surface area contributed by atoms with Gasteiger partial charge in [-0.25, -0.2) is 0 Å². The van der Waals surface area contributed by atoms with Crippen molar-refractivity contribution in [3.63, 3.8) is 0 Å². The SMILES string of the molecule is CC(NC1(CO)CCCC1)C(N)=NO. The molecule has 0 saturated heterocycles. The fourth-order valence-electron chi connectivity index (χ4n) is 2.02. The Morgan fingerprint density at radius 3 is 2.57 bits per heavy atom. The third kappa shape index (κ3) is 2.36. The molecule has 0 aromatic rings. The zero-order valence-corrected chi connectivity index (χ0v) is 8.53. The highest BCUT2D eigenvalue weighted by atomic mass is 16.4. The summed E-state index contributed by atoms with van der Waals surface area (Å²) >= 11 is 0. The maximum atomic E-state index is 9.31. The highest BCUT2D eigenvalue weighted by Gasteiger charge is 2.34. The van der Waals surface area contributed by atoms with Crippen LogP contribution in [0, 0.1) is 0 Å².